The highest BCUT2D eigenvalue weighted by Crippen LogP contribution is 2.62. The van der Waals surface area contributed by atoms with E-state index in [2.05, 4.69) is 20.8 Å². The van der Waals surface area contributed by atoms with E-state index in [0.29, 0.717) is 30.3 Å². The molecule has 0 saturated heterocycles. The topological polar surface area (TPSA) is 86.0 Å². The molecule has 2 aliphatic carbocycles. The predicted molar refractivity (Wildman–Crippen MR) is 121 cm³/mol. The number of fused-ring (bicyclic) bond motifs is 2. The van der Waals surface area contributed by atoms with Crippen molar-refractivity contribution in [2.45, 2.75) is 72.0 Å². The van der Waals surface area contributed by atoms with E-state index in [1.165, 1.54) is 13.0 Å². The Bertz CT molecular complexity index is 1070. The van der Waals surface area contributed by atoms with Gasteiger partial charge in [-0.2, -0.15) is 0 Å². The maximum Gasteiger partial charge on any atom is 0.336 e. The molecule has 2 fully saturated rings. The third-order valence-electron chi connectivity index (χ3n) is 8.27. The van der Waals surface area contributed by atoms with Crippen LogP contribution in [0.4, 0.5) is 0 Å². The number of aliphatic hydroxyl groups is 1. The molecule has 0 spiro atoms. The summed E-state index contributed by atoms with van der Waals surface area (Å²) in [6.45, 7) is 10.4. The molecule has 4 rings (SSSR count). The van der Waals surface area contributed by atoms with Crippen molar-refractivity contribution in [1.29, 1.82) is 0 Å². The average Bonchev–Trinajstić information content (AvgIpc) is 2.69. The monoisotopic (exact) mass is 442 g/mol. The first-order valence-corrected chi connectivity index (χ1v) is 11.5. The van der Waals surface area contributed by atoms with E-state index in [-0.39, 0.29) is 34.4 Å². The quantitative estimate of drug-likeness (QED) is 0.545. The van der Waals surface area contributed by atoms with Gasteiger partial charge in [-0.25, -0.2) is 4.79 Å². The SMILES string of the molecule is CC(=O)O[C@H]1CC[C@]2(C)[C@H](CC[C@](C)(O)[C@H]2COc2ccc3oc(=O)ccc3c2)C1(C)C. The van der Waals surface area contributed by atoms with Gasteiger partial charge in [0.15, 0.2) is 0 Å². The number of ether oxygens (including phenoxy) is 2. The number of benzene rings is 1. The minimum Gasteiger partial charge on any atom is -0.493 e. The number of esters is 1. The fourth-order valence-electron chi connectivity index (χ4n) is 6.60. The van der Waals surface area contributed by atoms with Gasteiger partial charge in [0.1, 0.15) is 17.4 Å². The van der Waals surface area contributed by atoms with Crippen LogP contribution < -0.4 is 10.4 Å². The third-order valence-corrected chi connectivity index (χ3v) is 8.27. The van der Waals surface area contributed by atoms with Crippen LogP contribution in [0.5, 0.6) is 5.75 Å². The Morgan fingerprint density at radius 1 is 1.12 bits per heavy atom. The summed E-state index contributed by atoms with van der Waals surface area (Å²) in [6.07, 6.45) is 3.10. The van der Waals surface area contributed by atoms with Crippen molar-refractivity contribution in [3.8, 4) is 5.75 Å². The molecule has 0 aliphatic heterocycles. The summed E-state index contributed by atoms with van der Waals surface area (Å²) in [4.78, 5) is 23.1. The molecule has 174 valence electrons. The van der Waals surface area contributed by atoms with Crippen LogP contribution in [0.1, 0.15) is 60.3 Å². The molecule has 2 aromatic rings. The van der Waals surface area contributed by atoms with Crippen LogP contribution in [0.15, 0.2) is 39.5 Å². The van der Waals surface area contributed by atoms with Crippen molar-refractivity contribution >= 4 is 16.9 Å². The molecule has 0 amide bonds. The molecule has 6 heteroatoms. The third kappa shape index (κ3) is 3.94. The Hall–Kier alpha value is -2.34. The van der Waals surface area contributed by atoms with Gasteiger partial charge in [-0.05, 0) is 68.2 Å². The average molecular weight is 443 g/mol. The molecule has 6 nitrogen and oxygen atoms in total. The molecule has 32 heavy (non-hydrogen) atoms. The number of hydrogen-bond acceptors (Lipinski definition) is 6. The van der Waals surface area contributed by atoms with Crippen molar-refractivity contribution in [1.82, 2.24) is 0 Å². The molecular formula is C26H34O6. The van der Waals surface area contributed by atoms with Crippen LogP contribution >= 0.6 is 0 Å². The van der Waals surface area contributed by atoms with Crippen LogP contribution in [-0.2, 0) is 9.53 Å². The number of rotatable bonds is 4. The lowest BCUT2D eigenvalue weighted by Crippen LogP contribution is -2.62. The first-order valence-electron chi connectivity index (χ1n) is 11.5. The van der Waals surface area contributed by atoms with Crippen LogP contribution in [0.25, 0.3) is 11.0 Å². The second-order valence-electron chi connectivity index (χ2n) is 10.7. The largest absolute Gasteiger partial charge is 0.493 e. The van der Waals surface area contributed by atoms with Gasteiger partial charge >= 0.3 is 11.6 Å². The van der Waals surface area contributed by atoms with Crippen LogP contribution in [0.2, 0.25) is 0 Å². The lowest BCUT2D eigenvalue weighted by Gasteiger charge is -2.62. The Kier molecular flexibility index (Phi) is 5.64. The maximum absolute atomic E-state index is 11.7. The second-order valence-corrected chi connectivity index (χ2v) is 10.7. The van der Waals surface area contributed by atoms with E-state index in [4.69, 9.17) is 13.9 Å². The molecule has 1 heterocycles. The normalized spacial score (nSPS) is 34.0. The molecule has 2 saturated carbocycles. The summed E-state index contributed by atoms with van der Waals surface area (Å²) in [5, 5.41) is 12.2. The van der Waals surface area contributed by atoms with E-state index in [9.17, 15) is 14.7 Å². The van der Waals surface area contributed by atoms with Crippen molar-refractivity contribution in [3.63, 3.8) is 0 Å². The highest BCUT2D eigenvalue weighted by Gasteiger charge is 2.61. The second kappa shape index (κ2) is 7.91. The van der Waals surface area contributed by atoms with Crippen LogP contribution in [-0.4, -0.2) is 29.4 Å². The predicted octanol–water partition coefficient (Wildman–Crippen LogP) is 4.71. The van der Waals surface area contributed by atoms with Gasteiger partial charge in [0.2, 0.25) is 0 Å². The molecule has 5 atom stereocenters. The highest BCUT2D eigenvalue weighted by atomic mass is 16.5. The molecule has 0 bridgehead atoms. The zero-order valence-electron chi connectivity index (χ0n) is 19.6. The molecule has 0 unspecified atom stereocenters. The smallest absolute Gasteiger partial charge is 0.336 e. The van der Waals surface area contributed by atoms with E-state index < -0.39 is 5.60 Å². The van der Waals surface area contributed by atoms with Gasteiger partial charge in [-0.1, -0.05) is 20.8 Å². The Balaban J connectivity index is 1.59. The van der Waals surface area contributed by atoms with Gasteiger partial charge in [0.25, 0.3) is 0 Å². The van der Waals surface area contributed by atoms with Gasteiger partial charge in [-0.15, -0.1) is 0 Å². The summed E-state index contributed by atoms with van der Waals surface area (Å²) < 4.78 is 17.1. The first kappa shape index (κ1) is 22.8. The Morgan fingerprint density at radius 2 is 1.88 bits per heavy atom. The van der Waals surface area contributed by atoms with E-state index in [1.807, 2.05) is 13.0 Å². The van der Waals surface area contributed by atoms with Gasteiger partial charge < -0.3 is 19.0 Å². The molecular weight excluding hydrogens is 408 g/mol. The summed E-state index contributed by atoms with van der Waals surface area (Å²) >= 11 is 0. The van der Waals surface area contributed by atoms with Crippen molar-refractivity contribution in [3.05, 3.63) is 40.8 Å². The lowest BCUT2D eigenvalue weighted by molar-refractivity contribution is -0.210. The number of hydrogen-bond donors (Lipinski definition) is 1. The minimum atomic E-state index is -0.848. The summed E-state index contributed by atoms with van der Waals surface area (Å²) in [5.74, 6) is 0.672. The molecule has 1 aromatic carbocycles. The van der Waals surface area contributed by atoms with Crippen molar-refractivity contribution in [2.24, 2.45) is 22.7 Å². The Labute approximate surface area is 188 Å². The fourth-order valence-corrected chi connectivity index (χ4v) is 6.60. The van der Waals surface area contributed by atoms with Crippen LogP contribution in [0.3, 0.4) is 0 Å². The van der Waals surface area contributed by atoms with Crippen molar-refractivity contribution in [2.75, 3.05) is 6.61 Å². The van der Waals surface area contributed by atoms with Crippen molar-refractivity contribution < 1.29 is 23.8 Å². The summed E-state index contributed by atoms with van der Waals surface area (Å²) in [6, 6.07) is 8.51. The zero-order valence-corrected chi connectivity index (χ0v) is 19.6. The van der Waals surface area contributed by atoms with E-state index in [0.717, 1.165) is 24.6 Å². The standard InChI is InChI=1S/C26H34O6/c1-16(27)31-22-11-12-25(4)20(24(22,2)3)10-13-26(5,29)21(25)15-30-18-7-8-19-17(14-18)6-9-23(28)32-19/h6-9,14,20-22,29H,10-13,15H2,1-5H3/t20-,21+,22+,25-,26+/m1/s1. The highest BCUT2D eigenvalue weighted by molar-refractivity contribution is 5.77. The molecule has 1 N–H and O–H groups in total. The van der Waals surface area contributed by atoms with Crippen LogP contribution in [0, 0.1) is 22.7 Å². The Morgan fingerprint density at radius 3 is 2.59 bits per heavy atom. The number of carbonyl (C=O) groups is 1. The first-order chi connectivity index (χ1) is 14.9. The zero-order chi connectivity index (χ0) is 23.3. The summed E-state index contributed by atoms with van der Waals surface area (Å²) in [5.41, 5.74) is -1.04. The number of carbonyl (C=O) groups excluding carboxylic acids is 1. The lowest BCUT2D eigenvalue weighted by atomic mass is 9.45. The van der Waals surface area contributed by atoms with Gasteiger partial charge in [0.05, 0.1) is 12.2 Å². The van der Waals surface area contributed by atoms with Gasteiger partial charge in [-0.3, -0.25) is 4.79 Å². The fraction of sp³-hybridized carbons (Fsp3) is 0.615. The molecule has 0 radical (unpaired) electrons. The van der Waals surface area contributed by atoms with E-state index in [1.54, 1.807) is 18.2 Å². The molecule has 1 aromatic heterocycles. The minimum absolute atomic E-state index is 0.0734. The van der Waals surface area contributed by atoms with Gasteiger partial charge in [0, 0.05) is 29.7 Å². The summed E-state index contributed by atoms with van der Waals surface area (Å²) in [7, 11) is 0. The van der Waals surface area contributed by atoms with E-state index >= 15 is 0 Å². The molecule has 2 aliphatic rings. The maximum atomic E-state index is 11.7.